The monoisotopic (exact) mass is 525 g/mol. The minimum atomic E-state index is -0.326. The number of anilines is 1. The first-order chi connectivity index (χ1) is 13.9. The van der Waals surface area contributed by atoms with Crippen LogP contribution in [0.5, 0.6) is 0 Å². The van der Waals surface area contributed by atoms with E-state index in [1.54, 1.807) is 0 Å². The van der Waals surface area contributed by atoms with Crippen molar-refractivity contribution in [2.45, 2.75) is 39.8 Å². The molecule has 1 aromatic carbocycles. The Balaban J connectivity index is 0.00000320. The third kappa shape index (κ3) is 6.12. The number of H-pyrrole nitrogens is 1. The van der Waals surface area contributed by atoms with E-state index in [9.17, 15) is 14.4 Å². The quantitative estimate of drug-likeness (QED) is 0.159. The van der Waals surface area contributed by atoms with E-state index in [1.807, 2.05) is 45.8 Å². The van der Waals surface area contributed by atoms with Crippen LogP contribution in [0.25, 0.3) is 11.2 Å². The Hall–Kier alpha value is -2.76. The van der Waals surface area contributed by atoms with Gasteiger partial charge in [0, 0.05) is 13.8 Å². The summed E-state index contributed by atoms with van der Waals surface area (Å²) in [5.41, 5.74) is 1.65. The molecule has 2 heterocycles. The number of aryl methyl sites for hydroxylation is 1. The number of nitrogens with one attached hydrogen (secondary N) is 2. The molecule has 0 unspecified atom stereocenters. The second-order valence-corrected chi connectivity index (χ2v) is 6.74. The Morgan fingerprint density at radius 3 is 2.60 bits per heavy atom. The fourth-order valence-electron chi connectivity index (χ4n) is 3.08. The summed E-state index contributed by atoms with van der Waals surface area (Å²) in [6.45, 7) is 4.20. The molecule has 2 aromatic heterocycles. The van der Waals surface area contributed by atoms with E-state index < -0.39 is 0 Å². The molecule has 0 atom stereocenters. The lowest BCUT2D eigenvalue weighted by molar-refractivity contribution is -0.674. The number of rotatable bonds is 8. The Morgan fingerprint density at radius 2 is 1.93 bits per heavy atom. The third-order valence-electron chi connectivity index (χ3n) is 4.30. The zero-order valence-corrected chi connectivity index (χ0v) is 19.0. The zero-order valence-electron chi connectivity index (χ0n) is 16.9. The highest BCUT2D eigenvalue weighted by atomic mass is 127. The average molecular weight is 525 g/mol. The summed E-state index contributed by atoms with van der Waals surface area (Å²) in [7, 11) is 0. The molecule has 0 aliphatic rings. The smallest absolute Gasteiger partial charge is 0.311 e. The van der Waals surface area contributed by atoms with E-state index in [2.05, 4.69) is 15.3 Å². The Labute approximate surface area is 190 Å². The molecule has 10 heteroatoms. The van der Waals surface area contributed by atoms with E-state index in [1.165, 1.54) is 13.8 Å². The lowest BCUT2D eigenvalue weighted by Crippen LogP contribution is -3.00. The van der Waals surface area contributed by atoms with Gasteiger partial charge in [-0.05, 0) is 18.4 Å². The van der Waals surface area contributed by atoms with Crippen molar-refractivity contribution in [1.82, 2.24) is 14.5 Å². The number of imidazole rings is 1. The van der Waals surface area contributed by atoms with E-state index >= 15 is 0 Å². The molecule has 0 bridgehead atoms. The number of unbranched alkanes of at least 4 members (excludes halogenated alkanes) is 1. The standard InChI is InChI=1S/C20H23N5O4.HI/c1-14(26)21-20-22-18-17(19(28)23-20)25(12-16-8-4-3-5-9-16)13-24(18)10-6-7-11-29-15(2)27;/h3-5,8-9,13H,6-7,10-12H2,1-2H3,(H-,21,22,23,26,28);1H. The zero-order chi connectivity index (χ0) is 20.8. The van der Waals surface area contributed by atoms with Gasteiger partial charge in [-0.1, -0.05) is 35.3 Å². The SMILES string of the molecule is CC(=O)Nc1nc2c(c(=O)[nH]1)n(Cc1ccccc1)c[n+]2CCCCOC(C)=O.[I-]. The molecule has 3 rings (SSSR count). The van der Waals surface area contributed by atoms with Gasteiger partial charge in [-0.15, -0.1) is 0 Å². The normalized spacial score (nSPS) is 10.5. The van der Waals surface area contributed by atoms with Crippen LogP contribution in [0.4, 0.5) is 5.95 Å². The first kappa shape index (κ1) is 23.5. The van der Waals surface area contributed by atoms with Crippen LogP contribution in [0.1, 0.15) is 32.3 Å². The fraction of sp³-hybridized carbons (Fsp3) is 0.350. The fourth-order valence-corrected chi connectivity index (χ4v) is 3.08. The Morgan fingerprint density at radius 1 is 1.20 bits per heavy atom. The number of carbonyl (C=O) groups is 2. The van der Waals surface area contributed by atoms with Crippen LogP contribution in [0, 0.1) is 0 Å². The molecule has 0 aliphatic carbocycles. The number of nitrogens with zero attached hydrogens (tertiary/aromatic N) is 3. The van der Waals surface area contributed by atoms with Crippen LogP contribution in [-0.4, -0.2) is 33.0 Å². The highest BCUT2D eigenvalue weighted by molar-refractivity contribution is 5.87. The van der Waals surface area contributed by atoms with Crippen LogP contribution in [0.15, 0.2) is 41.5 Å². The van der Waals surface area contributed by atoms with Crippen LogP contribution >= 0.6 is 0 Å². The molecule has 0 spiro atoms. The maximum absolute atomic E-state index is 12.7. The molecule has 2 N–H and O–H groups in total. The predicted octanol–water partition coefficient (Wildman–Crippen LogP) is -1.63. The maximum Gasteiger partial charge on any atom is 0.311 e. The lowest BCUT2D eigenvalue weighted by Gasteiger charge is -2.01. The maximum atomic E-state index is 12.7. The molecule has 30 heavy (non-hydrogen) atoms. The van der Waals surface area contributed by atoms with Crippen molar-refractivity contribution >= 4 is 29.0 Å². The minimum absolute atomic E-state index is 0. The molecule has 0 saturated heterocycles. The van der Waals surface area contributed by atoms with Crippen molar-refractivity contribution in [2.75, 3.05) is 11.9 Å². The summed E-state index contributed by atoms with van der Waals surface area (Å²) >= 11 is 0. The first-order valence-corrected chi connectivity index (χ1v) is 9.41. The number of hydrogen-bond donors (Lipinski definition) is 2. The summed E-state index contributed by atoms with van der Waals surface area (Å²) in [4.78, 5) is 42.0. The number of amides is 1. The van der Waals surface area contributed by atoms with Crippen molar-refractivity contribution in [3.8, 4) is 0 Å². The number of ether oxygens (including phenoxy) is 1. The average Bonchev–Trinajstić information content (AvgIpc) is 2.99. The number of carbonyl (C=O) groups excluding carboxylic acids is 2. The van der Waals surface area contributed by atoms with Gasteiger partial charge in [-0.25, -0.2) is 4.57 Å². The van der Waals surface area contributed by atoms with Gasteiger partial charge in [-0.2, -0.15) is 0 Å². The molecule has 0 fully saturated rings. The van der Waals surface area contributed by atoms with Gasteiger partial charge in [0.05, 0.1) is 19.7 Å². The summed E-state index contributed by atoms with van der Waals surface area (Å²) in [6.07, 6.45) is 3.29. The van der Waals surface area contributed by atoms with Crippen LogP contribution < -0.4 is 39.4 Å². The predicted molar refractivity (Wildman–Crippen MR) is 106 cm³/mol. The van der Waals surface area contributed by atoms with Crippen molar-refractivity contribution in [3.63, 3.8) is 0 Å². The number of halogens is 1. The minimum Gasteiger partial charge on any atom is -1.00 e. The second-order valence-electron chi connectivity index (χ2n) is 6.74. The third-order valence-corrected chi connectivity index (χ3v) is 4.30. The molecule has 1 amide bonds. The highest BCUT2D eigenvalue weighted by Gasteiger charge is 2.22. The molecular formula is C20H24IN5O4. The number of esters is 1. The van der Waals surface area contributed by atoms with Gasteiger partial charge >= 0.3 is 11.6 Å². The lowest BCUT2D eigenvalue weighted by atomic mass is 10.2. The first-order valence-electron chi connectivity index (χ1n) is 9.41. The summed E-state index contributed by atoms with van der Waals surface area (Å²) in [6, 6.07) is 9.81. The van der Waals surface area contributed by atoms with Gasteiger partial charge in [0.15, 0.2) is 6.33 Å². The molecular weight excluding hydrogens is 501 g/mol. The van der Waals surface area contributed by atoms with Gasteiger partial charge < -0.3 is 28.7 Å². The highest BCUT2D eigenvalue weighted by Crippen LogP contribution is 2.10. The second kappa shape index (κ2) is 10.9. The van der Waals surface area contributed by atoms with Gasteiger partial charge in [0.1, 0.15) is 0 Å². The van der Waals surface area contributed by atoms with E-state index in [-0.39, 0.29) is 47.4 Å². The van der Waals surface area contributed by atoms with Crippen molar-refractivity contribution < 1.29 is 42.9 Å². The van der Waals surface area contributed by atoms with E-state index in [4.69, 9.17) is 4.74 Å². The number of aromatic amines is 1. The van der Waals surface area contributed by atoms with Crippen molar-refractivity contribution in [1.29, 1.82) is 0 Å². The van der Waals surface area contributed by atoms with Crippen molar-refractivity contribution in [2.24, 2.45) is 0 Å². The number of fused-ring (bicyclic) bond motifs is 1. The molecule has 0 saturated carbocycles. The summed E-state index contributed by atoms with van der Waals surface area (Å²) < 4.78 is 8.69. The summed E-state index contributed by atoms with van der Waals surface area (Å²) in [5.74, 6) is -0.504. The van der Waals surface area contributed by atoms with Crippen LogP contribution in [0.2, 0.25) is 0 Å². The van der Waals surface area contributed by atoms with Crippen LogP contribution in [0.3, 0.4) is 0 Å². The van der Waals surface area contributed by atoms with E-state index in [0.717, 1.165) is 12.0 Å². The van der Waals surface area contributed by atoms with Gasteiger partial charge in [0.25, 0.3) is 11.5 Å². The molecule has 0 radical (unpaired) electrons. The van der Waals surface area contributed by atoms with Gasteiger partial charge in [0.2, 0.25) is 11.4 Å². The van der Waals surface area contributed by atoms with Crippen molar-refractivity contribution in [3.05, 3.63) is 52.6 Å². The number of benzene rings is 1. The van der Waals surface area contributed by atoms with Crippen LogP contribution in [-0.2, 0) is 27.4 Å². The molecule has 160 valence electrons. The number of hydrogen-bond acceptors (Lipinski definition) is 5. The molecule has 9 nitrogen and oxygen atoms in total. The Kier molecular flexibility index (Phi) is 8.51. The largest absolute Gasteiger partial charge is 1.00 e. The summed E-state index contributed by atoms with van der Waals surface area (Å²) in [5, 5.41) is 2.53. The molecule has 0 aliphatic heterocycles. The van der Waals surface area contributed by atoms with Gasteiger partial charge in [-0.3, -0.25) is 29.3 Å². The topological polar surface area (TPSA) is 110 Å². The van der Waals surface area contributed by atoms with E-state index in [0.29, 0.717) is 37.3 Å². The Bertz CT molecular complexity index is 1080. The number of aromatic nitrogens is 4. The molecule has 3 aromatic rings.